The van der Waals surface area contributed by atoms with E-state index in [4.69, 9.17) is 4.74 Å². The van der Waals surface area contributed by atoms with Gasteiger partial charge in [0.2, 0.25) is 11.6 Å². The number of halogens is 4. The van der Waals surface area contributed by atoms with E-state index in [0.29, 0.717) is 16.7 Å². The smallest absolute Gasteiger partial charge is 0.416 e. The largest absolute Gasteiger partial charge is 0.432 e. The number of aromatic nitrogens is 1. The van der Waals surface area contributed by atoms with Gasteiger partial charge in [0.05, 0.1) is 10.5 Å². The molecule has 0 aliphatic carbocycles. The first kappa shape index (κ1) is 15.2. The summed E-state index contributed by atoms with van der Waals surface area (Å²) >= 11 is 3.09. The molecule has 2 rings (SSSR count). The first-order valence-electron chi connectivity index (χ1n) is 5.43. The van der Waals surface area contributed by atoms with Crippen molar-refractivity contribution in [1.29, 1.82) is 0 Å². The van der Waals surface area contributed by atoms with E-state index in [2.05, 4.69) is 20.9 Å². The third-order valence-electron chi connectivity index (χ3n) is 2.39. The normalized spacial score (nSPS) is 11.2. The molecule has 0 saturated heterocycles. The Morgan fingerprint density at radius 2 is 1.95 bits per heavy atom. The average molecular weight is 363 g/mol. The van der Waals surface area contributed by atoms with Crippen molar-refractivity contribution >= 4 is 21.6 Å². The molecule has 0 spiro atoms. The number of hydrogen-bond donors (Lipinski definition) is 0. The summed E-state index contributed by atoms with van der Waals surface area (Å²) in [6.07, 6.45) is -4.67. The molecule has 1 aromatic heterocycles. The Balaban J connectivity index is 2.42. The Morgan fingerprint density at radius 3 is 2.52 bits per heavy atom. The zero-order chi connectivity index (χ0) is 15.6. The molecule has 0 saturated carbocycles. The van der Waals surface area contributed by atoms with Crippen LogP contribution in [0, 0.1) is 10.1 Å². The van der Waals surface area contributed by atoms with Crippen LogP contribution in [0.15, 0.2) is 41.0 Å². The van der Waals surface area contributed by atoms with Crippen LogP contribution in [-0.2, 0) is 6.18 Å². The highest BCUT2D eigenvalue weighted by Crippen LogP contribution is 2.37. The van der Waals surface area contributed by atoms with Gasteiger partial charge >= 0.3 is 11.9 Å². The van der Waals surface area contributed by atoms with Crippen molar-refractivity contribution in [2.75, 3.05) is 0 Å². The van der Waals surface area contributed by atoms with Gasteiger partial charge in [0.25, 0.3) is 0 Å². The van der Waals surface area contributed by atoms with Gasteiger partial charge in [0.1, 0.15) is 4.60 Å². The molecule has 0 bridgehead atoms. The fourth-order valence-electron chi connectivity index (χ4n) is 1.48. The summed E-state index contributed by atoms with van der Waals surface area (Å²) < 4.78 is 43.3. The number of nitro benzene ring substituents is 1. The number of rotatable bonds is 3. The van der Waals surface area contributed by atoms with E-state index < -0.39 is 22.4 Å². The van der Waals surface area contributed by atoms with E-state index >= 15 is 0 Å². The van der Waals surface area contributed by atoms with Gasteiger partial charge in [-0.1, -0.05) is 6.07 Å². The SMILES string of the molecule is O=[N+]([O-])c1cc(C(F)(F)F)ccc1Oc1cccc(Br)n1. The van der Waals surface area contributed by atoms with Crippen molar-refractivity contribution in [3.05, 3.63) is 56.7 Å². The van der Waals surface area contributed by atoms with Gasteiger partial charge < -0.3 is 4.74 Å². The fraction of sp³-hybridized carbons (Fsp3) is 0.0833. The highest BCUT2D eigenvalue weighted by molar-refractivity contribution is 9.10. The van der Waals surface area contributed by atoms with E-state index in [0.717, 1.165) is 6.07 Å². The summed E-state index contributed by atoms with van der Waals surface area (Å²) in [5.74, 6) is -0.300. The second-order valence-electron chi connectivity index (χ2n) is 3.84. The van der Waals surface area contributed by atoms with Crippen LogP contribution in [0.4, 0.5) is 18.9 Å². The van der Waals surface area contributed by atoms with Crippen molar-refractivity contribution in [3.63, 3.8) is 0 Å². The third kappa shape index (κ3) is 3.69. The van der Waals surface area contributed by atoms with Gasteiger partial charge in [-0.15, -0.1) is 0 Å². The van der Waals surface area contributed by atoms with Gasteiger partial charge in [-0.25, -0.2) is 4.98 Å². The number of benzene rings is 1. The van der Waals surface area contributed by atoms with Gasteiger partial charge in [-0.05, 0) is 34.1 Å². The molecular formula is C12H6BrF3N2O3. The number of nitrogens with zero attached hydrogens (tertiary/aromatic N) is 2. The molecule has 21 heavy (non-hydrogen) atoms. The lowest BCUT2D eigenvalue weighted by Gasteiger charge is -2.09. The van der Waals surface area contributed by atoms with E-state index in [1.165, 1.54) is 6.07 Å². The number of hydrogen-bond acceptors (Lipinski definition) is 4. The zero-order valence-corrected chi connectivity index (χ0v) is 11.7. The minimum absolute atomic E-state index is 0.0206. The Kier molecular flexibility index (Phi) is 4.12. The van der Waals surface area contributed by atoms with E-state index in [9.17, 15) is 23.3 Å². The highest BCUT2D eigenvalue weighted by atomic mass is 79.9. The summed E-state index contributed by atoms with van der Waals surface area (Å²) in [5, 5.41) is 10.9. The lowest BCUT2D eigenvalue weighted by Crippen LogP contribution is -2.06. The quantitative estimate of drug-likeness (QED) is 0.456. The molecule has 2 aromatic rings. The Labute approximate surface area is 124 Å². The molecule has 0 radical (unpaired) electrons. The molecule has 9 heteroatoms. The standard InChI is InChI=1S/C12H6BrF3N2O3/c13-10-2-1-3-11(17-10)21-9-5-4-7(12(14,15)16)6-8(9)18(19)20/h1-6H. The maximum atomic E-state index is 12.6. The number of pyridine rings is 1. The van der Waals surface area contributed by atoms with Gasteiger partial charge in [0, 0.05) is 12.1 Å². The van der Waals surface area contributed by atoms with Crippen LogP contribution in [0.3, 0.4) is 0 Å². The molecule has 0 fully saturated rings. The summed E-state index contributed by atoms with van der Waals surface area (Å²) in [7, 11) is 0. The first-order chi connectivity index (χ1) is 9.77. The van der Waals surface area contributed by atoms with Crippen molar-refractivity contribution in [1.82, 2.24) is 4.98 Å². The second kappa shape index (κ2) is 5.68. The molecule has 0 aliphatic rings. The van der Waals surface area contributed by atoms with Crippen LogP contribution in [0.5, 0.6) is 11.6 Å². The first-order valence-corrected chi connectivity index (χ1v) is 6.23. The number of nitro groups is 1. The maximum Gasteiger partial charge on any atom is 0.416 e. The monoisotopic (exact) mass is 362 g/mol. The van der Waals surface area contributed by atoms with Crippen LogP contribution >= 0.6 is 15.9 Å². The van der Waals surface area contributed by atoms with Crippen LogP contribution in [-0.4, -0.2) is 9.91 Å². The summed E-state index contributed by atoms with van der Waals surface area (Å²) in [5.41, 5.74) is -1.91. The maximum absolute atomic E-state index is 12.6. The lowest BCUT2D eigenvalue weighted by molar-refractivity contribution is -0.385. The molecule has 0 atom stereocenters. The van der Waals surface area contributed by atoms with E-state index in [1.54, 1.807) is 12.1 Å². The highest BCUT2D eigenvalue weighted by Gasteiger charge is 2.33. The molecular weight excluding hydrogens is 357 g/mol. The molecule has 110 valence electrons. The van der Waals surface area contributed by atoms with Crippen LogP contribution < -0.4 is 4.74 Å². The van der Waals surface area contributed by atoms with Crippen molar-refractivity contribution in [2.24, 2.45) is 0 Å². The van der Waals surface area contributed by atoms with Crippen LogP contribution in [0.25, 0.3) is 0 Å². The Hall–Kier alpha value is -2.16. The molecule has 0 N–H and O–H groups in total. The molecule has 0 unspecified atom stereocenters. The molecule has 0 amide bonds. The minimum atomic E-state index is -4.67. The van der Waals surface area contributed by atoms with E-state index in [1.807, 2.05) is 0 Å². The van der Waals surface area contributed by atoms with Gasteiger partial charge in [-0.2, -0.15) is 13.2 Å². The topological polar surface area (TPSA) is 65.3 Å². The van der Waals surface area contributed by atoms with Gasteiger partial charge in [-0.3, -0.25) is 10.1 Å². The zero-order valence-electron chi connectivity index (χ0n) is 10.1. The van der Waals surface area contributed by atoms with Crippen molar-refractivity contribution in [3.8, 4) is 11.6 Å². The summed E-state index contributed by atoms with van der Waals surface area (Å²) in [4.78, 5) is 13.8. The summed E-state index contributed by atoms with van der Waals surface area (Å²) in [6.45, 7) is 0. The second-order valence-corrected chi connectivity index (χ2v) is 4.65. The van der Waals surface area contributed by atoms with Crippen molar-refractivity contribution < 1.29 is 22.8 Å². The van der Waals surface area contributed by atoms with E-state index in [-0.39, 0.29) is 11.6 Å². The molecule has 0 aliphatic heterocycles. The third-order valence-corrected chi connectivity index (χ3v) is 2.83. The fourth-order valence-corrected chi connectivity index (χ4v) is 1.81. The van der Waals surface area contributed by atoms with Crippen molar-refractivity contribution in [2.45, 2.75) is 6.18 Å². The molecule has 1 aromatic carbocycles. The Morgan fingerprint density at radius 1 is 1.24 bits per heavy atom. The Bertz CT molecular complexity index is 692. The minimum Gasteiger partial charge on any atom is -0.432 e. The molecule has 1 heterocycles. The predicted octanol–water partition coefficient (Wildman–Crippen LogP) is 4.56. The van der Waals surface area contributed by atoms with Crippen LogP contribution in [0.1, 0.15) is 5.56 Å². The van der Waals surface area contributed by atoms with Gasteiger partial charge in [0.15, 0.2) is 0 Å². The predicted molar refractivity (Wildman–Crippen MR) is 70.1 cm³/mol. The number of alkyl halides is 3. The summed E-state index contributed by atoms with van der Waals surface area (Å²) in [6, 6.07) is 6.62. The number of ether oxygens (including phenoxy) is 1. The molecule has 5 nitrogen and oxygen atoms in total. The lowest BCUT2D eigenvalue weighted by atomic mass is 10.2. The average Bonchev–Trinajstić information content (AvgIpc) is 2.37. The van der Waals surface area contributed by atoms with Crippen LogP contribution in [0.2, 0.25) is 0 Å².